The number of furan rings is 1. The van der Waals surface area contributed by atoms with Gasteiger partial charge in [-0.15, -0.1) is 65.4 Å². The molecule has 0 saturated heterocycles. The molecule has 7 rings (SSSR count). The number of thiophene rings is 1. The maximum Gasteiger partial charge on any atom is 0.122 e. The zero-order chi connectivity index (χ0) is 30.4. The molecule has 3 nitrogen and oxygen atoms in total. The second kappa shape index (κ2) is 12.3. The number of hydrogen-bond donors (Lipinski definition) is 0. The van der Waals surface area contributed by atoms with E-state index >= 15 is 0 Å². The van der Waals surface area contributed by atoms with Crippen molar-refractivity contribution in [1.82, 2.24) is 9.97 Å². The number of rotatable bonds is 3. The van der Waals surface area contributed by atoms with Crippen molar-refractivity contribution < 1.29 is 27.3 Å². The van der Waals surface area contributed by atoms with Gasteiger partial charge in [-0.1, -0.05) is 55.5 Å². The number of benzene rings is 3. The van der Waals surface area contributed by atoms with Crippen LogP contribution in [0.2, 0.25) is 0 Å². The SMILES string of the molecule is Cc1ccc(-c2[c-]cccc2)nc1.[2H]C([2H])(c1ccnc(-c2[c-]ccc3c2oc2ccc4cc(C)sc4c23)c1)C(C)(C)C.[Ir]. The number of fused-ring (bicyclic) bond motifs is 5. The van der Waals surface area contributed by atoms with Crippen LogP contribution in [0, 0.1) is 31.4 Å². The van der Waals surface area contributed by atoms with E-state index in [1.165, 1.54) is 20.5 Å². The molecule has 0 spiro atoms. The second-order valence-corrected chi connectivity index (χ2v) is 12.5. The van der Waals surface area contributed by atoms with Gasteiger partial charge in [-0.3, -0.25) is 0 Å². The molecule has 0 atom stereocenters. The van der Waals surface area contributed by atoms with E-state index in [0.29, 0.717) is 11.3 Å². The Morgan fingerprint density at radius 1 is 0.905 bits per heavy atom. The normalized spacial score (nSPS) is 12.4. The number of aryl methyl sites for hydroxylation is 2. The van der Waals surface area contributed by atoms with Crippen LogP contribution in [0.1, 0.15) is 39.5 Å². The molecule has 213 valence electrons. The molecule has 5 heteroatoms. The Bertz CT molecular complexity index is 2060. The summed E-state index contributed by atoms with van der Waals surface area (Å²) in [6.07, 6.45) is 2.05. The Kier molecular flexibility index (Phi) is 7.98. The van der Waals surface area contributed by atoms with E-state index in [4.69, 9.17) is 7.16 Å². The summed E-state index contributed by atoms with van der Waals surface area (Å²) in [4.78, 5) is 10.1. The standard InChI is InChI=1S/C25H22NOS.C12H10N.Ir/c1-15-12-17-8-9-21-22(24(17)28-15)19-7-5-6-18(23(19)27-21)20-13-16(10-11-26-20)14-25(2,3)4;1-10-7-8-12(13-9-10)11-5-3-2-4-6-11;/h5,7-13H,14H2,1-4H3;2-5,7-9H,1H3;/q2*-1;/i14D2;;. The first kappa shape index (κ1) is 27.2. The molecule has 4 heterocycles. The van der Waals surface area contributed by atoms with Crippen LogP contribution in [0.5, 0.6) is 0 Å². The molecule has 0 aliphatic heterocycles. The molecular weight excluding hydrogens is 713 g/mol. The van der Waals surface area contributed by atoms with Crippen LogP contribution in [0.3, 0.4) is 0 Å². The Morgan fingerprint density at radius 3 is 2.50 bits per heavy atom. The van der Waals surface area contributed by atoms with Crippen molar-refractivity contribution in [3.05, 3.63) is 119 Å². The average molecular weight is 747 g/mol. The van der Waals surface area contributed by atoms with E-state index in [9.17, 15) is 0 Å². The van der Waals surface area contributed by atoms with Crippen LogP contribution in [-0.2, 0) is 26.5 Å². The van der Waals surface area contributed by atoms with Gasteiger partial charge in [0.05, 0.1) is 5.58 Å². The number of aromatic nitrogens is 2. The molecule has 0 fully saturated rings. The molecule has 0 saturated carbocycles. The molecule has 0 aliphatic rings. The summed E-state index contributed by atoms with van der Waals surface area (Å²) in [6.45, 7) is 9.89. The molecular formula is C37H32IrN2OS-2. The summed E-state index contributed by atoms with van der Waals surface area (Å²) in [7, 11) is 0. The Labute approximate surface area is 267 Å². The van der Waals surface area contributed by atoms with Gasteiger partial charge in [-0.25, -0.2) is 0 Å². The third-order valence-electron chi connectivity index (χ3n) is 6.63. The monoisotopic (exact) mass is 747 g/mol. The maximum absolute atomic E-state index is 8.63. The minimum atomic E-state index is -1.49. The van der Waals surface area contributed by atoms with Gasteiger partial charge < -0.3 is 14.4 Å². The topological polar surface area (TPSA) is 38.9 Å². The molecule has 0 N–H and O–H groups in total. The van der Waals surface area contributed by atoms with E-state index in [0.717, 1.165) is 38.8 Å². The first-order valence-corrected chi connectivity index (χ1v) is 14.5. The maximum atomic E-state index is 8.63. The molecule has 7 aromatic rings. The van der Waals surface area contributed by atoms with Crippen molar-refractivity contribution in [2.45, 2.75) is 41.0 Å². The summed E-state index contributed by atoms with van der Waals surface area (Å²) >= 11 is 1.78. The molecule has 0 amide bonds. The summed E-state index contributed by atoms with van der Waals surface area (Å²) in [5, 5.41) is 3.38. The van der Waals surface area contributed by atoms with Crippen LogP contribution in [-0.4, -0.2) is 9.97 Å². The number of pyridine rings is 2. The van der Waals surface area contributed by atoms with Gasteiger partial charge in [0.25, 0.3) is 0 Å². The third-order valence-corrected chi connectivity index (χ3v) is 7.72. The van der Waals surface area contributed by atoms with Crippen LogP contribution < -0.4 is 0 Å². The minimum absolute atomic E-state index is 0. The summed E-state index contributed by atoms with van der Waals surface area (Å²) in [6, 6.07) is 32.2. The number of hydrogen-bond acceptors (Lipinski definition) is 4. The molecule has 0 aliphatic carbocycles. The van der Waals surface area contributed by atoms with Crippen molar-refractivity contribution in [1.29, 1.82) is 0 Å². The predicted octanol–water partition coefficient (Wildman–Crippen LogP) is 10.4. The third kappa shape index (κ3) is 6.39. The molecule has 42 heavy (non-hydrogen) atoms. The molecule has 1 radical (unpaired) electrons. The van der Waals surface area contributed by atoms with Gasteiger partial charge in [-0.05, 0) is 72.2 Å². The van der Waals surface area contributed by atoms with Gasteiger partial charge >= 0.3 is 0 Å². The van der Waals surface area contributed by atoms with E-state index in [1.54, 1.807) is 23.6 Å². The van der Waals surface area contributed by atoms with Crippen molar-refractivity contribution in [3.63, 3.8) is 0 Å². The average Bonchev–Trinajstić information content (AvgIpc) is 3.57. The van der Waals surface area contributed by atoms with Crippen molar-refractivity contribution in [2.75, 3.05) is 0 Å². The summed E-state index contributed by atoms with van der Waals surface area (Å²) < 4.78 is 24.8. The van der Waals surface area contributed by atoms with Crippen molar-refractivity contribution in [2.24, 2.45) is 5.41 Å². The molecule has 3 aromatic carbocycles. The quantitative estimate of drug-likeness (QED) is 0.169. The van der Waals surface area contributed by atoms with Crippen LogP contribution in [0.25, 0.3) is 54.5 Å². The Morgan fingerprint density at radius 2 is 1.76 bits per heavy atom. The second-order valence-electron chi connectivity index (χ2n) is 11.2. The fourth-order valence-corrected chi connectivity index (χ4v) is 5.96. The smallest absolute Gasteiger partial charge is 0.122 e. The minimum Gasteiger partial charge on any atom is -0.501 e. The van der Waals surface area contributed by atoms with Gasteiger partial charge in [0.1, 0.15) is 5.58 Å². The van der Waals surface area contributed by atoms with Gasteiger partial charge in [0.2, 0.25) is 0 Å². The fourth-order valence-electron chi connectivity index (χ4n) is 4.90. The molecule has 0 unspecified atom stereocenters. The van der Waals surface area contributed by atoms with E-state index < -0.39 is 11.8 Å². The zero-order valence-corrected chi connectivity index (χ0v) is 27.4. The molecule has 4 aromatic heterocycles. The first-order valence-electron chi connectivity index (χ1n) is 14.7. The Hall–Kier alpha value is -3.63. The molecule has 0 bridgehead atoms. The first-order chi connectivity index (χ1) is 20.5. The van der Waals surface area contributed by atoms with Crippen molar-refractivity contribution in [3.8, 4) is 22.5 Å². The van der Waals surface area contributed by atoms with E-state index in [1.807, 2.05) is 88.5 Å². The summed E-state index contributed by atoms with van der Waals surface area (Å²) in [5.41, 5.74) is 6.30. The van der Waals surface area contributed by atoms with Gasteiger partial charge in [0.15, 0.2) is 0 Å². The van der Waals surface area contributed by atoms with Crippen molar-refractivity contribution >= 4 is 43.4 Å². The van der Waals surface area contributed by atoms with E-state index in [-0.39, 0.29) is 20.1 Å². The largest absolute Gasteiger partial charge is 0.501 e. The Balaban J connectivity index is 0.000000230. The number of nitrogens with zero attached hydrogens (tertiary/aromatic N) is 2. The van der Waals surface area contributed by atoms with Gasteiger partial charge in [-0.2, -0.15) is 0 Å². The van der Waals surface area contributed by atoms with Crippen LogP contribution in [0.4, 0.5) is 0 Å². The van der Waals surface area contributed by atoms with Crippen LogP contribution >= 0.6 is 11.3 Å². The van der Waals surface area contributed by atoms with Gasteiger partial charge in [0, 0.05) is 50.2 Å². The van der Waals surface area contributed by atoms with Crippen LogP contribution in [0.15, 0.2) is 95.7 Å². The zero-order valence-electron chi connectivity index (χ0n) is 26.2. The summed E-state index contributed by atoms with van der Waals surface area (Å²) in [5.74, 6) is 0. The predicted molar refractivity (Wildman–Crippen MR) is 172 cm³/mol. The fraction of sp³-hybridized carbons (Fsp3) is 0.189. The van der Waals surface area contributed by atoms with E-state index in [2.05, 4.69) is 47.2 Å².